The molecule has 3 rings (SSSR count). The monoisotopic (exact) mass is 305 g/mol. The number of hydrogen-bond acceptors (Lipinski definition) is 3. The van der Waals surface area contributed by atoms with Crippen LogP contribution in [0.1, 0.15) is 15.4 Å². The summed E-state index contributed by atoms with van der Waals surface area (Å²) in [5.41, 5.74) is 0.786. The average molecular weight is 306 g/mol. The van der Waals surface area contributed by atoms with Crippen LogP contribution >= 0.6 is 22.9 Å². The minimum Gasteiger partial charge on any atom is -0.294 e. The van der Waals surface area contributed by atoms with E-state index in [1.165, 1.54) is 29.5 Å². The molecule has 0 saturated carbocycles. The predicted octanol–water partition coefficient (Wildman–Crippen LogP) is 4.51. The fourth-order valence-electron chi connectivity index (χ4n) is 1.99. The molecule has 0 spiro atoms. The van der Waals surface area contributed by atoms with E-state index in [1.807, 2.05) is 24.3 Å². The van der Waals surface area contributed by atoms with Crippen LogP contribution < -0.4 is 0 Å². The summed E-state index contributed by atoms with van der Waals surface area (Å²) < 4.78 is 14.7. The van der Waals surface area contributed by atoms with Gasteiger partial charge in [0.05, 0.1) is 27.2 Å². The maximum absolute atomic E-state index is 13.7. The molecule has 100 valence electrons. The van der Waals surface area contributed by atoms with Gasteiger partial charge in [0, 0.05) is 0 Å². The fourth-order valence-corrected chi connectivity index (χ4v) is 3.22. The van der Waals surface area contributed by atoms with Crippen LogP contribution in [0.25, 0.3) is 10.2 Å². The van der Waals surface area contributed by atoms with Crippen LogP contribution in [0.5, 0.6) is 0 Å². The molecule has 0 saturated heterocycles. The minimum atomic E-state index is -0.594. The summed E-state index contributed by atoms with van der Waals surface area (Å²) in [5, 5.41) is 0.798. The Kier molecular flexibility index (Phi) is 3.51. The first kappa shape index (κ1) is 13.2. The molecule has 0 aliphatic heterocycles. The number of carbonyl (C=O) groups is 1. The van der Waals surface area contributed by atoms with Gasteiger partial charge in [-0.2, -0.15) is 0 Å². The van der Waals surface area contributed by atoms with Crippen molar-refractivity contribution in [1.82, 2.24) is 4.98 Å². The van der Waals surface area contributed by atoms with Gasteiger partial charge in [-0.05, 0) is 24.3 Å². The van der Waals surface area contributed by atoms with Gasteiger partial charge in [-0.15, -0.1) is 11.3 Å². The van der Waals surface area contributed by atoms with Crippen molar-refractivity contribution in [3.05, 3.63) is 63.9 Å². The first-order valence-electron chi connectivity index (χ1n) is 5.97. The number of ketones is 1. The normalized spacial score (nSPS) is 10.9. The summed E-state index contributed by atoms with van der Waals surface area (Å²) in [4.78, 5) is 16.5. The number of Topliss-reactive ketones (excluding diaryl/α,β-unsaturated/α-hetero) is 1. The molecule has 0 unspecified atom stereocenters. The summed E-state index contributed by atoms with van der Waals surface area (Å²) in [6.45, 7) is 0. The van der Waals surface area contributed by atoms with E-state index in [9.17, 15) is 9.18 Å². The molecule has 0 N–H and O–H groups in total. The third-order valence-electron chi connectivity index (χ3n) is 2.89. The van der Waals surface area contributed by atoms with E-state index in [0.29, 0.717) is 5.01 Å². The Morgan fingerprint density at radius 1 is 1.20 bits per heavy atom. The summed E-state index contributed by atoms with van der Waals surface area (Å²) in [6.07, 6.45) is 0.0556. The van der Waals surface area contributed by atoms with Crippen LogP contribution in [0.4, 0.5) is 4.39 Å². The fraction of sp³-hybridized carbons (Fsp3) is 0.0667. The summed E-state index contributed by atoms with van der Waals surface area (Å²) in [7, 11) is 0. The van der Waals surface area contributed by atoms with Crippen LogP contribution in [-0.2, 0) is 6.42 Å². The highest BCUT2D eigenvalue weighted by molar-refractivity contribution is 7.18. The Bertz CT molecular complexity index is 746. The molecule has 0 atom stereocenters. The highest BCUT2D eigenvalue weighted by Crippen LogP contribution is 2.25. The SMILES string of the molecule is O=C(Cc1nc2ccccc2s1)c1c(F)cccc1Cl. The number of halogens is 2. The summed E-state index contributed by atoms with van der Waals surface area (Å²) in [5.74, 6) is -0.948. The first-order chi connectivity index (χ1) is 9.65. The van der Waals surface area contributed by atoms with Gasteiger partial charge in [0.25, 0.3) is 0 Å². The number of carbonyl (C=O) groups excluding carboxylic acids is 1. The van der Waals surface area contributed by atoms with Crippen molar-refractivity contribution in [3.63, 3.8) is 0 Å². The largest absolute Gasteiger partial charge is 0.294 e. The van der Waals surface area contributed by atoms with Crippen LogP contribution in [-0.4, -0.2) is 10.8 Å². The molecular formula is C15H9ClFNOS. The van der Waals surface area contributed by atoms with Crippen molar-refractivity contribution in [2.45, 2.75) is 6.42 Å². The lowest BCUT2D eigenvalue weighted by molar-refractivity contribution is 0.0989. The van der Waals surface area contributed by atoms with E-state index in [0.717, 1.165) is 10.2 Å². The van der Waals surface area contributed by atoms with Crippen molar-refractivity contribution < 1.29 is 9.18 Å². The van der Waals surface area contributed by atoms with Gasteiger partial charge in [-0.3, -0.25) is 4.79 Å². The number of aromatic nitrogens is 1. The molecule has 0 radical (unpaired) electrons. The zero-order valence-electron chi connectivity index (χ0n) is 10.3. The zero-order chi connectivity index (χ0) is 14.1. The Morgan fingerprint density at radius 3 is 2.75 bits per heavy atom. The lowest BCUT2D eigenvalue weighted by Crippen LogP contribution is -2.06. The highest BCUT2D eigenvalue weighted by Gasteiger charge is 2.17. The molecule has 0 bridgehead atoms. The second-order valence-electron chi connectivity index (χ2n) is 4.27. The maximum atomic E-state index is 13.7. The van der Waals surface area contributed by atoms with E-state index >= 15 is 0 Å². The number of fused-ring (bicyclic) bond motifs is 1. The third-order valence-corrected chi connectivity index (χ3v) is 4.24. The van der Waals surface area contributed by atoms with E-state index in [1.54, 1.807) is 0 Å². The second-order valence-corrected chi connectivity index (χ2v) is 5.79. The molecule has 0 aliphatic rings. The van der Waals surface area contributed by atoms with Gasteiger partial charge >= 0.3 is 0 Å². The van der Waals surface area contributed by atoms with Crippen molar-refractivity contribution in [2.24, 2.45) is 0 Å². The Hall–Kier alpha value is -1.78. The van der Waals surface area contributed by atoms with Crippen molar-refractivity contribution in [1.29, 1.82) is 0 Å². The Labute approximate surface area is 123 Å². The Morgan fingerprint density at radius 2 is 2.00 bits per heavy atom. The number of hydrogen-bond donors (Lipinski definition) is 0. The molecule has 5 heteroatoms. The molecular weight excluding hydrogens is 297 g/mol. The van der Waals surface area contributed by atoms with Crippen molar-refractivity contribution >= 4 is 38.9 Å². The topological polar surface area (TPSA) is 30.0 Å². The molecule has 1 heterocycles. The highest BCUT2D eigenvalue weighted by atomic mass is 35.5. The lowest BCUT2D eigenvalue weighted by Gasteiger charge is -2.03. The van der Waals surface area contributed by atoms with E-state index in [4.69, 9.17) is 11.6 Å². The molecule has 3 aromatic rings. The average Bonchev–Trinajstić information content (AvgIpc) is 2.80. The van der Waals surface area contributed by atoms with E-state index in [-0.39, 0.29) is 22.8 Å². The smallest absolute Gasteiger partial charge is 0.174 e. The maximum Gasteiger partial charge on any atom is 0.174 e. The van der Waals surface area contributed by atoms with E-state index < -0.39 is 5.82 Å². The van der Waals surface area contributed by atoms with E-state index in [2.05, 4.69) is 4.98 Å². The second kappa shape index (κ2) is 5.31. The third kappa shape index (κ3) is 2.44. The van der Waals surface area contributed by atoms with Gasteiger partial charge < -0.3 is 0 Å². The number of rotatable bonds is 3. The van der Waals surface area contributed by atoms with Crippen molar-refractivity contribution in [2.75, 3.05) is 0 Å². The predicted molar refractivity (Wildman–Crippen MR) is 79.1 cm³/mol. The van der Waals surface area contributed by atoms with Gasteiger partial charge in [0.15, 0.2) is 5.78 Å². The van der Waals surface area contributed by atoms with Crippen LogP contribution in [0.15, 0.2) is 42.5 Å². The number of benzene rings is 2. The zero-order valence-corrected chi connectivity index (χ0v) is 11.8. The van der Waals surface area contributed by atoms with Gasteiger partial charge in [-0.1, -0.05) is 29.8 Å². The lowest BCUT2D eigenvalue weighted by atomic mass is 10.1. The first-order valence-corrected chi connectivity index (χ1v) is 7.16. The van der Waals surface area contributed by atoms with Gasteiger partial charge in [0.1, 0.15) is 10.8 Å². The molecule has 2 nitrogen and oxygen atoms in total. The van der Waals surface area contributed by atoms with Gasteiger partial charge in [-0.25, -0.2) is 9.37 Å². The molecule has 1 aromatic heterocycles. The Balaban J connectivity index is 1.92. The van der Waals surface area contributed by atoms with Crippen molar-refractivity contribution in [3.8, 4) is 0 Å². The number of nitrogens with zero attached hydrogens (tertiary/aromatic N) is 1. The van der Waals surface area contributed by atoms with Crippen LogP contribution in [0.2, 0.25) is 5.02 Å². The summed E-state index contributed by atoms with van der Waals surface area (Å²) >= 11 is 7.33. The quantitative estimate of drug-likeness (QED) is 0.666. The van der Waals surface area contributed by atoms with Crippen LogP contribution in [0.3, 0.4) is 0 Å². The molecule has 2 aromatic carbocycles. The standard InChI is InChI=1S/C15H9ClFNOS/c16-9-4-3-5-10(17)15(9)12(19)8-14-18-11-6-1-2-7-13(11)20-14/h1-7H,8H2. The molecule has 20 heavy (non-hydrogen) atoms. The molecule has 0 fully saturated rings. The van der Waals surface area contributed by atoms with Gasteiger partial charge in [0.2, 0.25) is 0 Å². The number of thiazole rings is 1. The summed E-state index contributed by atoms with van der Waals surface area (Å²) in [6, 6.07) is 11.9. The van der Waals surface area contributed by atoms with Crippen LogP contribution in [0, 0.1) is 5.82 Å². The molecule has 0 amide bonds. The number of para-hydroxylation sites is 1. The molecule has 0 aliphatic carbocycles. The minimum absolute atomic E-state index is 0.0556.